The van der Waals surface area contributed by atoms with E-state index in [9.17, 15) is 19.8 Å². The molecular formula is C17H26N2O4. The standard InChI is InChI=1S/C17H26N2O4/c1-17(23,16(19)22)10-9-13(15(18)21)11-14(20)8-7-12-5-3-2-4-6-12/h2-6,13-14,20,23H,7-11H2,1H3,(H2,18,21)(H2,19,22)/t13-,14+,17?/m1/s1. The molecule has 0 aromatic heterocycles. The lowest BCUT2D eigenvalue weighted by Crippen LogP contribution is -2.42. The van der Waals surface area contributed by atoms with E-state index in [1.165, 1.54) is 6.92 Å². The van der Waals surface area contributed by atoms with Crippen LogP contribution >= 0.6 is 0 Å². The van der Waals surface area contributed by atoms with Gasteiger partial charge in [0.15, 0.2) is 0 Å². The summed E-state index contributed by atoms with van der Waals surface area (Å²) in [4.78, 5) is 22.6. The molecule has 1 aromatic rings. The van der Waals surface area contributed by atoms with Crippen LogP contribution in [-0.2, 0) is 16.0 Å². The molecule has 6 heteroatoms. The van der Waals surface area contributed by atoms with Gasteiger partial charge in [-0.2, -0.15) is 0 Å². The molecule has 0 heterocycles. The van der Waals surface area contributed by atoms with Crippen LogP contribution in [0.5, 0.6) is 0 Å². The topological polar surface area (TPSA) is 127 Å². The van der Waals surface area contributed by atoms with Crippen molar-refractivity contribution in [1.29, 1.82) is 0 Å². The van der Waals surface area contributed by atoms with E-state index in [0.717, 1.165) is 5.56 Å². The lowest BCUT2D eigenvalue weighted by Gasteiger charge is -2.23. The van der Waals surface area contributed by atoms with E-state index >= 15 is 0 Å². The van der Waals surface area contributed by atoms with Gasteiger partial charge in [0.1, 0.15) is 5.60 Å². The maximum Gasteiger partial charge on any atom is 0.249 e. The van der Waals surface area contributed by atoms with Crippen molar-refractivity contribution in [3.05, 3.63) is 35.9 Å². The van der Waals surface area contributed by atoms with Crippen molar-refractivity contribution in [3.8, 4) is 0 Å². The summed E-state index contributed by atoms with van der Waals surface area (Å²) in [5.41, 5.74) is 9.87. The first-order valence-corrected chi connectivity index (χ1v) is 7.76. The zero-order chi connectivity index (χ0) is 17.5. The molecule has 1 rings (SSSR count). The zero-order valence-electron chi connectivity index (χ0n) is 13.4. The highest BCUT2D eigenvalue weighted by Crippen LogP contribution is 2.21. The number of hydrogen-bond acceptors (Lipinski definition) is 4. The van der Waals surface area contributed by atoms with Crippen molar-refractivity contribution in [2.45, 2.75) is 50.7 Å². The second-order valence-corrected chi connectivity index (χ2v) is 6.19. The van der Waals surface area contributed by atoms with Gasteiger partial charge in [-0.3, -0.25) is 9.59 Å². The molecule has 0 spiro atoms. The fourth-order valence-corrected chi connectivity index (χ4v) is 2.38. The number of benzene rings is 1. The minimum Gasteiger partial charge on any atom is -0.393 e. The molecule has 1 unspecified atom stereocenters. The van der Waals surface area contributed by atoms with Crippen LogP contribution in [0.25, 0.3) is 0 Å². The van der Waals surface area contributed by atoms with Gasteiger partial charge in [0, 0.05) is 5.92 Å². The highest BCUT2D eigenvalue weighted by molar-refractivity contribution is 5.82. The third-order valence-electron chi connectivity index (χ3n) is 4.08. The Morgan fingerprint density at radius 3 is 2.30 bits per heavy atom. The van der Waals surface area contributed by atoms with Crippen molar-refractivity contribution >= 4 is 11.8 Å². The molecule has 0 aliphatic heterocycles. The molecule has 128 valence electrons. The Morgan fingerprint density at radius 1 is 1.17 bits per heavy atom. The second kappa shape index (κ2) is 8.64. The lowest BCUT2D eigenvalue weighted by molar-refractivity contribution is -0.136. The number of aryl methyl sites for hydroxylation is 1. The van der Waals surface area contributed by atoms with Crippen molar-refractivity contribution in [3.63, 3.8) is 0 Å². The Kier molecular flexibility index (Phi) is 7.19. The number of aliphatic hydroxyl groups excluding tert-OH is 1. The SMILES string of the molecule is CC(O)(CC[C@H](C[C@@H](O)CCc1ccccc1)C(N)=O)C(N)=O. The van der Waals surface area contributed by atoms with Crippen LogP contribution in [0.15, 0.2) is 30.3 Å². The third kappa shape index (κ3) is 6.80. The number of nitrogens with two attached hydrogens (primary N) is 2. The van der Waals surface area contributed by atoms with Crippen LogP contribution < -0.4 is 11.5 Å². The molecule has 0 bridgehead atoms. The maximum atomic E-state index is 11.5. The molecule has 0 aliphatic carbocycles. The summed E-state index contributed by atoms with van der Waals surface area (Å²) in [6.07, 6.45) is 0.977. The van der Waals surface area contributed by atoms with Crippen LogP contribution in [-0.4, -0.2) is 33.7 Å². The lowest BCUT2D eigenvalue weighted by atomic mass is 9.88. The van der Waals surface area contributed by atoms with E-state index in [2.05, 4.69) is 0 Å². The summed E-state index contributed by atoms with van der Waals surface area (Å²) in [5, 5.41) is 19.9. The normalized spacial score (nSPS) is 16.3. The van der Waals surface area contributed by atoms with Crippen LogP contribution in [0, 0.1) is 5.92 Å². The predicted molar refractivity (Wildman–Crippen MR) is 87.1 cm³/mol. The van der Waals surface area contributed by atoms with Gasteiger partial charge in [-0.25, -0.2) is 0 Å². The molecule has 0 saturated carbocycles. The minimum absolute atomic E-state index is 0.0291. The monoisotopic (exact) mass is 322 g/mol. The van der Waals surface area contributed by atoms with Crippen molar-refractivity contribution < 1.29 is 19.8 Å². The number of carbonyl (C=O) groups is 2. The molecule has 2 amide bonds. The molecule has 6 N–H and O–H groups in total. The second-order valence-electron chi connectivity index (χ2n) is 6.19. The first-order valence-electron chi connectivity index (χ1n) is 7.76. The number of rotatable bonds is 10. The zero-order valence-corrected chi connectivity index (χ0v) is 13.4. The summed E-state index contributed by atoms with van der Waals surface area (Å²) < 4.78 is 0. The van der Waals surface area contributed by atoms with Crippen molar-refractivity contribution in [1.82, 2.24) is 0 Å². The maximum absolute atomic E-state index is 11.5. The highest BCUT2D eigenvalue weighted by Gasteiger charge is 2.30. The summed E-state index contributed by atoms with van der Waals surface area (Å²) >= 11 is 0. The molecule has 0 saturated heterocycles. The van der Waals surface area contributed by atoms with Gasteiger partial charge in [-0.1, -0.05) is 30.3 Å². The van der Waals surface area contributed by atoms with E-state index in [1.807, 2.05) is 30.3 Å². The largest absolute Gasteiger partial charge is 0.393 e. The fourth-order valence-electron chi connectivity index (χ4n) is 2.38. The summed E-state index contributed by atoms with van der Waals surface area (Å²) in [5.74, 6) is -2.00. The summed E-state index contributed by atoms with van der Waals surface area (Å²) in [6.45, 7) is 1.30. The Bertz CT molecular complexity index is 517. The first-order chi connectivity index (χ1) is 10.7. The van der Waals surface area contributed by atoms with Gasteiger partial charge in [-0.05, 0) is 44.6 Å². The highest BCUT2D eigenvalue weighted by atomic mass is 16.3. The van der Waals surface area contributed by atoms with Gasteiger partial charge in [0.2, 0.25) is 11.8 Å². The summed E-state index contributed by atoms with van der Waals surface area (Å²) in [6, 6.07) is 9.73. The molecule has 1 aromatic carbocycles. The van der Waals surface area contributed by atoms with Crippen molar-refractivity contribution in [2.24, 2.45) is 17.4 Å². The molecule has 6 nitrogen and oxygen atoms in total. The van der Waals surface area contributed by atoms with Gasteiger partial charge < -0.3 is 21.7 Å². The number of hydrogen-bond donors (Lipinski definition) is 4. The predicted octanol–water partition coefficient (Wildman–Crippen LogP) is 0.488. The van der Waals surface area contributed by atoms with Crippen molar-refractivity contribution in [2.75, 3.05) is 0 Å². The fraction of sp³-hybridized carbons (Fsp3) is 0.529. The Labute approximate surface area is 136 Å². The quantitative estimate of drug-likeness (QED) is 0.500. The van der Waals surface area contributed by atoms with Gasteiger partial charge in [0.05, 0.1) is 6.10 Å². The summed E-state index contributed by atoms with van der Waals surface area (Å²) in [7, 11) is 0. The molecule has 3 atom stereocenters. The van der Waals surface area contributed by atoms with Crippen LogP contribution in [0.3, 0.4) is 0 Å². The molecule has 0 radical (unpaired) electrons. The number of primary amides is 2. The van der Waals surface area contributed by atoms with Gasteiger partial charge in [-0.15, -0.1) is 0 Å². The number of carbonyl (C=O) groups excluding carboxylic acids is 2. The van der Waals surface area contributed by atoms with Crippen LogP contribution in [0.4, 0.5) is 0 Å². The van der Waals surface area contributed by atoms with Crippen LogP contribution in [0.1, 0.15) is 38.2 Å². The molecule has 0 aliphatic rings. The van der Waals surface area contributed by atoms with Crippen LogP contribution in [0.2, 0.25) is 0 Å². The van der Waals surface area contributed by atoms with E-state index in [4.69, 9.17) is 11.5 Å². The Morgan fingerprint density at radius 2 is 1.78 bits per heavy atom. The van der Waals surface area contributed by atoms with Gasteiger partial charge >= 0.3 is 0 Å². The average Bonchev–Trinajstić information content (AvgIpc) is 2.50. The molecule has 23 heavy (non-hydrogen) atoms. The minimum atomic E-state index is -1.68. The number of amides is 2. The van der Waals surface area contributed by atoms with E-state index in [0.29, 0.717) is 12.8 Å². The Balaban J connectivity index is 2.48. The third-order valence-corrected chi connectivity index (χ3v) is 4.08. The smallest absolute Gasteiger partial charge is 0.249 e. The van der Waals surface area contributed by atoms with E-state index in [-0.39, 0.29) is 19.3 Å². The molecular weight excluding hydrogens is 296 g/mol. The first kappa shape index (κ1) is 19.1. The number of aliphatic hydroxyl groups is 2. The average molecular weight is 322 g/mol. The van der Waals surface area contributed by atoms with E-state index < -0.39 is 29.4 Å². The van der Waals surface area contributed by atoms with Gasteiger partial charge in [0.25, 0.3) is 0 Å². The molecule has 0 fully saturated rings. The Hall–Kier alpha value is -1.92. The van der Waals surface area contributed by atoms with E-state index in [1.54, 1.807) is 0 Å².